The average Bonchev–Trinajstić information content (AvgIpc) is 2.54. The van der Waals surface area contributed by atoms with Crippen molar-refractivity contribution in [3.05, 3.63) is 66.0 Å². The quantitative estimate of drug-likeness (QED) is 0.862. The third-order valence-corrected chi connectivity index (χ3v) is 3.19. The molecule has 2 aromatic carbocycles. The largest absolute Gasteiger partial charge is 0.484 e. The molecule has 0 aliphatic carbocycles. The number of ether oxygens (including phenoxy) is 1. The molecule has 0 fully saturated rings. The summed E-state index contributed by atoms with van der Waals surface area (Å²) in [5, 5.41) is 12.8. The van der Waals surface area contributed by atoms with E-state index in [0.29, 0.717) is 11.3 Å². The number of carbonyl (C=O) groups is 1. The van der Waals surface area contributed by atoms with Gasteiger partial charge in [-0.1, -0.05) is 30.3 Å². The number of aliphatic hydroxyl groups excluding tert-OH is 1. The van der Waals surface area contributed by atoms with E-state index in [9.17, 15) is 14.3 Å². The first-order valence-corrected chi connectivity index (χ1v) is 6.97. The molecule has 0 aliphatic heterocycles. The number of aliphatic hydroxyl groups is 1. The molecule has 2 rings (SSSR count). The minimum Gasteiger partial charge on any atom is -0.484 e. The van der Waals surface area contributed by atoms with Crippen LogP contribution in [0.4, 0.5) is 4.39 Å². The molecule has 5 heteroatoms. The van der Waals surface area contributed by atoms with E-state index in [-0.39, 0.29) is 18.3 Å². The number of hydrogen-bond acceptors (Lipinski definition) is 3. The standard InChI is InChI=1S/C17H18FNO3/c1-12(17(21)13-7-9-14(18)10-8-13)19-16(20)11-22-15-5-3-2-4-6-15/h2-10,12,17,21H,11H2,1H3,(H,19,20)/t12-,17-/m1/s1. The van der Waals surface area contributed by atoms with Crippen LogP contribution in [0, 0.1) is 5.82 Å². The van der Waals surface area contributed by atoms with Gasteiger partial charge in [-0.3, -0.25) is 4.79 Å². The van der Waals surface area contributed by atoms with Crippen molar-refractivity contribution < 1.29 is 19.0 Å². The van der Waals surface area contributed by atoms with Crippen molar-refractivity contribution in [2.24, 2.45) is 0 Å². The zero-order valence-corrected chi connectivity index (χ0v) is 12.2. The number of nitrogens with one attached hydrogen (secondary N) is 1. The van der Waals surface area contributed by atoms with E-state index >= 15 is 0 Å². The lowest BCUT2D eigenvalue weighted by atomic mass is 10.0. The Balaban J connectivity index is 1.84. The lowest BCUT2D eigenvalue weighted by Gasteiger charge is -2.20. The molecule has 0 heterocycles. The third kappa shape index (κ3) is 4.56. The molecular formula is C17H18FNO3. The average molecular weight is 303 g/mol. The van der Waals surface area contributed by atoms with Crippen LogP contribution in [0.2, 0.25) is 0 Å². The van der Waals surface area contributed by atoms with E-state index in [2.05, 4.69) is 5.32 Å². The predicted octanol–water partition coefficient (Wildman–Crippen LogP) is 2.44. The molecule has 0 aliphatic rings. The van der Waals surface area contributed by atoms with Crippen molar-refractivity contribution in [3.63, 3.8) is 0 Å². The molecule has 0 radical (unpaired) electrons. The third-order valence-electron chi connectivity index (χ3n) is 3.19. The van der Waals surface area contributed by atoms with Gasteiger partial charge in [-0.25, -0.2) is 4.39 Å². The molecule has 0 saturated carbocycles. The van der Waals surface area contributed by atoms with Crippen molar-refractivity contribution in [1.29, 1.82) is 0 Å². The molecule has 0 spiro atoms. The molecule has 116 valence electrons. The number of amides is 1. The molecule has 0 saturated heterocycles. The summed E-state index contributed by atoms with van der Waals surface area (Å²) in [5.41, 5.74) is 0.540. The van der Waals surface area contributed by atoms with Crippen LogP contribution in [0.1, 0.15) is 18.6 Å². The number of hydrogen-bond donors (Lipinski definition) is 2. The molecule has 22 heavy (non-hydrogen) atoms. The SMILES string of the molecule is C[C@@H](NC(=O)COc1ccccc1)[C@@H](O)c1ccc(F)cc1. The van der Waals surface area contributed by atoms with Crippen molar-refractivity contribution in [2.75, 3.05) is 6.61 Å². The number of benzene rings is 2. The van der Waals surface area contributed by atoms with Crippen molar-refractivity contribution in [2.45, 2.75) is 19.1 Å². The van der Waals surface area contributed by atoms with E-state index < -0.39 is 12.1 Å². The monoisotopic (exact) mass is 303 g/mol. The Morgan fingerprint density at radius 1 is 1.18 bits per heavy atom. The Kier molecular flexibility index (Phi) is 5.49. The van der Waals surface area contributed by atoms with Crippen LogP contribution in [-0.2, 0) is 4.79 Å². The maximum absolute atomic E-state index is 12.9. The fourth-order valence-corrected chi connectivity index (χ4v) is 1.99. The second kappa shape index (κ2) is 7.56. The zero-order valence-electron chi connectivity index (χ0n) is 12.2. The number of rotatable bonds is 6. The molecule has 0 bridgehead atoms. The normalized spacial score (nSPS) is 13.2. The first-order valence-electron chi connectivity index (χ1n) is 6.97. The van der Waals surface area contributed by atoms with E-state index in [4.69, 9.17) is 4.74 Å². The molecule has 0 aromatic heterocycles. The summed E-state index contributed by atoms with van der Waals surface area (Å²) < 4.78 is 18.2. The minimum atomic E-state index is -0.915. The Hall–Kier alpha value is -2.40. The summed E-state index contributed by atoms with van der Waals surface area (Å²) in [6, 6.07) is 14.0. The first kappa shape index (κ1) is 16.0. The maximum Gasteiger partial charge on any atom is 0.258 e. The smallest absolute Gasteiger partial charge is 0.258 e. The van der Waals surface area contributed by atoms with Crippen LogP contribution in [0.25, 0.3) is 0 Å². The van der Waals surface area contributed by atoms with Crippen LogP contribution in [0.15, 0.2) is 54.6 Å². The zero-order chi connectivity index (χ0) is 15.9. The summed E-state index contributed by atoms with van der Waals surface area (Å²) in [5.74, 6) is -0.106. The summed E-state index contributed by atoms with van der Waals surface area (Å²) in [4.78, 5) is 11.8. The summed E-state index contributed by atoms with van der Waals surface area (Å²) in [6.07, 6.45) is -0.915. The Morgan fingerprint density at radius 2 is 1.82 bits per heavy atom. The fraction of sp³-hybridized carbons (Fsp3) is 0.235. The van der Waals surface area contributed by atoms with Gasteiger partial charge in [0.2, 0.25) is 0 Å². The number of carbonyl (C=O) groups excluding carboxylic acids is 1. The van der Waals surface area contributed by atoms with Gasteiger partial charge in [0.25, 0.3) is 5.91 Å². The van der Waals surface area contributed by atoms with Gasteiger partial charge in [0.1, 0.15) is 11.6 Å². The van der Waals surface area contributed by atoms with E-state index in [1.165, 1.54) is 24.3 Å². The highest BCUT2D eigenvalue weighted by Crippen LogP contribution is 2.17. The van der Waals surface area contributed by atoms with Crippen molar-refractivity contribution in [3.8, 4) is 5.75 Å². The van der Waals surface area contributed by atoms with Gasteiger partial charge >= 0.3 is 0 Å². The predicted molar refractivity (Wildman–Crippen MR) is 80.9 cm³/mol. The Labute approximate surface area is 128 Å². The highest BCUT2D eigenvalue weighted by molar-refractivity contribution is 5.77. The molecular weight excluding hydrogens is 285 g/mol. The maximum atomic E-state index is 12.9. The highest BCUT2D eigenvalue weighted by atomic mass is 19.1. The first-order chi connectivity index (χ1) is 10.6. The van der Waals surface area contributed by atoms with Gasteiger partial charge in [-0.15, -0.1) is 0 Å². The van der Waals surface area contributed by atoms with Crippen molar-refractivity contribution in [1.82, 2.24) is 5.32 Å². The van der Waals surface area contributed by atoms with Gasteiger partial charge in [-0.05, 0) is 36.8 Å². The lowest BCUT2D eigenvalue weighted by molar-refractivity contribution is -0.124. The van der Waals surface area contributed by atoms with Gasteiger partial charge in [-0.2, -0.15) is 0 Å². The van der Waals surface area contributed by atoms with Crippen LogP contribution < -0.4 is 10.1 Å². The molecule has 2 atom stereocenters. The summed E-state index contributed by atoms with van der Waals surface area (Å²) in [7, 11) is 0. The van der Waals surface area contributed by atoms with Crippen LogP contribution in [0.3, 0.4) is 0 Å². The van der Waals surface area contributed by atoms with E-state index in [1.807, 2.05) is 18.2 Å². The van der Waals surface area contributed by atoms with Crippen molar-refractivity contribution >= 4 is 5.91 Å². The van der Waals surface area contributed by atoms with Crippen LogP contribution >= 0.6 is 0 Å². The van der Waals surface area contributed by atoms with E-state index in [0.717, 1.165) is 0 Å². The second-order valence-electron chi connectivity index (χ2n) is 4.95. The topological polar surface area (TPSA) is 58.6 Å². The van der Waals surface area contributed by atoms with Crippen LogP contribution in [-0.4, -0.2) is 23.7 Å². The Morgan fingerprint density at radius 3 is 2.45 bits per heavy atom. The number of para-hydroxylation sites is 1. The summed E-state index contributed by atoms with van der Waals surface area (Å²) >= 11 is 0. The molecule has 1 amide bonds. The van der Waals surface area contributed by atoms with Gasteiger partial charge in [0.05, 0.1) is 12.1 Å². The molecule has 0 unspecified atom stereocenters. The van der Waals surface area contributed by atoms with Gasteiger partial charge in [0.15, 0.2) is 6.61 Å². The van der Waals surface area contributed by atoms with E-state index in [1.54, 1.807) is 19.1 Å². The minimum absolute atomic E-state index is 0.134. The molecule has 4 nitrogen and oxygen atoms in total. The van der Waals surface area contributed by atoms with Gasteiger partial charge in [0, 0.05) is 0 Å². The fourth-order valence-electron chi connectivity index (χ4n) is 1.99. The molecule has 2 N–H and O–H groups in total. The number of halogens is 1. The van der Waals surface area contributed by atoms with Gasteiger partial charge < -0.3 is 15.2 Å². The highest BCUT2D eigenvalue weighted by Gasteiger charge is 2.18. The second-order valence-corrected chi connectivity index (χ2v) is 4.95. The van der Waals surface area contributed by atoms with Crippen LogP contribution in [0.5, 0.6) is 5.75 Å². The summed E-state index contributed by atoms with van der Waals surface area (Å²) in [6.45, 7) is 1.54. The Bertz CT molecular complexity index is 601. The lowest BCUT2D eigenvalue weighted by Crippen LogP contribution is -2.39. The molecule has 2 aromatic rings.